The van der Waals surface area contributed by atoms with E-state index in [0.717, 1.165) is 37.8 Å². The highest BCUT2D eigenvalue weighted by Gasteiger charge is 2.42. The number of amidine groups is 1. The first kappa shape index (κ1) is 13.4. The van der Waals surface area contributed by atoms with E-state index in [1.165, 1.54) is 0 Å². The first-order chi connectivity index (χ1) is 7.58. The maximum absolute atomic E-state index is 11.0. The molecule has 1 aliphatic rings. The molecule has 0 saturated heterocycles. The van der Waals surface area contributed by atoms with E-state index < -0.39 is 5.00 Å². The summed E-state index contributed by atoms with van der Waals surface area (Å²) in [5, 5.41) is 0. The summed E-state index contributed by atoms with van der Waals surface area (Å²) < 4.78 is 0. The van der Waals surface area contributed by atoms with Crippen molar-refractivity contribution >= 4 is 29.4 Å². The molecule has 1 aliphatic heterocycles. The third-order valence-corrected chi connectivity index (χ3v) is 3.68. The van der Waals surface area contributed by atoms with Crippen molar-refractivity contribution in [2.45, 2.75) is 51.5 Å². The molecule has 1 rings (SSSR count). The van der Waals surface area contributed by atoms with Gasteiger partial charge in [-0.25, -0.2) is 9.98 Å². The van der Waals surface area contributed by atoms with E-state index in [1.54, 1.807) is 0 Å². The van der Waals surface area contributed by atoms with Crippen LogP contribution in [0.2, 0.25) is 0 Å². The van der Waals surface area contributed by atoms with Crippen LogP contribution in [0.4, 0.5) is 0 Å². The fourth-order valence-corrected chi connectivity index (χ4v) is 2.02. The minimum absolute atomic E-state index is 0.122. The van der Waals surface area contributed by atoms with Gasteiger partial charge in [-0.05, 0) is 12.8 Å². The van der Waals surface area contributed by atoms with Crippen LogP contribution in [0.5, 0.6) is 0 Å². The van der Waals surface area contributed by atoms with E-state index >= 15 is 0 Å². The van der Waals surface area contributed by atoms with Gasteiger partial charge in [-0.1, -0.05) is 38.8 Å². The molecular formula is C12H19ClN2O. The molecule has 0 bridgehead atoms. The van der Waals surface area contributed by atoms with Crippen LogP contribution >= 0.6 is 11.6 Å². The molecule has 16 heavy (non-hydrogen) atoms. The monoisotopic (exact) mass is 242 g/mol. The van der Waals surface area contributed by atoms with E-state index in [0.29, 0.717) is 5.71 Å². The van der Waals surface area contributed by atoms with Crippen LogP contribution in [0.1, 0.15) is 46.5 Å². The van der Waals surface area contributed by atoms with E-state index in [1.807, 2.05) is 13.8 Å². The molecular weight excluding hydrogens is 224 g/mol. The number of aliphatic imine (C=N–C) groups is 2. The first-order valence-corrected chi connectivity index (χ1v) is 6.28. The van der Waals surface area contributed by atoms with Crippen LogP contribution in [0, 0.1) is 5.92 Å². The summed E-state index contributed by atoms with van der Waals surface area (Å²) in [5.74, 6) is 0.844. The lowest BCUT2D eigenvalue weighted by atomic mass is 9.95. The molecule has 0 aliphatic carbocycles. The normalized spacial score (nSPS) is 26.2. The van der Waals surface area contributed by atoms with Crippen LogP contribution in [-0.4, -0.2) is 22.8 Å². The lowest BCUT2D eigenvalue weighted by Crippen LogP contribution is -2.35. The fraction of sp³-hybridized carbons (Fsp3) is 0.750. The fourth-order valence-electron chi connectivity index (χ4n) is 1.68. The smallest absolute Gasteiger partial charge is 0.183 e. The van der Waals surface area contributed by atoms with E-state index in [9.17, 15) is 4.79 Å². The second kappa shape index (κ2) is 5.58. The quantitative estimate of drug-likeness (QED) is 0.401. The van der Waals surface area contributed by atoms with Crippen molar-refractivity contribution in [2.24, 2.45) is 15.9 Å². The molecule has 0 saturated carbocycles. The highest BCUT2D eigenvalue weighted by Crippen LogP contribution is 2.35. The lowest BCUT2D eigenvalue weighted by Gasteiger charge is -2.24. The number of carbonyl (C=O) groups is 1. The molecule has 0 aromatic heterocycles. The maximum Gasteiger partial charge on any atom is 0.183 e. The number of hydrogen-bond acceptors (Lipinski definition) is 3. The highest BCUT2D eigenvalue weighted by atomic mass is 35.5. The van der Waals surface area contributed by atoms with Gasteiger partial charge in [0.25, 0.3) is 0 Å². The van der Waals surface area contributed by atoms with Crippen molar-refractivity contribution in [2.75, 3.05) is 0 Å². The van der Waals surface area contributed by atoms with Gasteiger partial charge in [-0.2, -0.15) is 0 Å². The summed E-state index contributed by atoms with van der Waals surface area (Å²) in [7, 11) is 0. The molecule has 3 nitrogen and oxygen atoms in total. The molecule has 0 N–H and O–H groups in total. The van der Waals surface area contributed by atoms with Crippen LogP contribution in [0.15, 0.2) is 9.98 Å². The Morgan fingerprint density at radius 2 is 2.19 bits per heavy atom. The van der Waals surface area contributed by atoms with Gasteiger partial charge >= 0.3 is 0 Å². The van der Waals surface area contributed by atoms with Crippen molar-refractivity contribution < 1.29 is 4.79 Å². The first-order valence-electron chi connectivity index (χ1n) is 5.90. The molecule has 4 heteroatoms. The number of nitrogens with zero attached hydrogens (tertiary/aromatic N) is 2. The number of unbranched alkanes of at least 4 members (excludes halogenated alkanes) is 1. The van der Waals surface area contributed by atoms with Gasteiger partial charge in [-0.15, -0.1) is 0 Å². The average molecular weight is 243 g/mol. The Balaban J connectivity index is 2.89. The van der Waals surface area contributed by atoms with Gasteiger partial charge < -0.3 is 0 Å². The largest absolute Gasteiger partial charge is 0.296 e. The molecule has 0 aromatic rings. The summed E-state index contributed by atoms with van der Waals surface area (Å²) in [6, 6.07) is 0. The third-order valence-electron chi connectivity index (χ3n) is 3.03. The summed E-state index contributed by atoms with van der Waals surface area (Å²) in [4.78, 5) is 18.7. The van der Waals surface area contributed by atoms with Gasteiger partial charge in [-0.3, -0.25) is 4.79 Å². The predicted octanol–water partition coefficient (Wildman–Crippen LogP) is 3.21. The molecule has 2 unspecified atom stereocenters. The van der Waals surface area contributed by atoms with Crippen LogP contribution in [0.25, 0.3) is 0 Å². The Hall–Kier alpha value is -0.700. The minimum Gasteiger partial charge on any atom is -0.296 e. The molecule has 90 valence electrons. The van der Waals surface area contributed by atoms with Crippen molar-refractivity contribution in [3.63, 3.8) is 0 Å². The lowest BCUT2D eigenvalue weighted by molar-refractivity contribution is -0.102. The zero-order valence-corrected chi connectivity index (χ0v) is 10.9. The Morgan fingerprint density at radius 1 is 1.50 bits per heavy atom. The van der Waals surface area contributed by atoms with Crippen LogP contribution in [0.3, 0.4) is 0 Å². The highest BCUT2D eigenvalue weighted by molar-refractivity contribution is 6.51. The number of aldehydes is 1. The maximum atomic E-state index is 11.0. The Kier molecular flexibility index (Phi) is 4.66. The van der Waals surface area contributed by atoms with Crippen molar-refractivity contribution in [1.82, 2.24) is 0 Å². The standard InChI is InChI=1S/C12H19ClN2O/c1-4-6-7-11-14-10(8-16)12(13,15-11)9(3)5-2/h8-9H,4-7H2,1-3H3. The molecule has 1 heterocycles. The topological polar surface area (TPSA) is 41.8 Å². The van der Waals surface area contributed by atoms with Gasteiger partial charge in [0.1, 0.15) is 11.5 Å². The molecule has 0 radical (unpaired) electrons. The number of halogens is 1. The predicted molar refractivity (Wildman–Crippen MR) is 68.5 cm³/mol. The Labute approximate surface area is 102 Å². The number of alkyl halides is 1. The SMILES string of the molecule is CCCCC1=NC(Cl)(C(C)CC)C(C=O)=N1. The van der Waals surface area contributed by atoms with Crippen LogP contribution in [-0.2, 0) is 4.79 Å². The van der Waals surface area contributed by atoms with Crippen LogP contribution < -0.4 is 0 Å². The van der Waals surface area contributed by atoms with Crippen molar-refractivity contribution in [3.8, 4) is 0 Å². The number of hydrogen-bond donors (Lipinski definition) is 0. The molecule has 0 spiro atoms. The van der Waals surface area contributed by atoms with Gasteiger partial charge in [0, 0.05) is 12.3 Å². The second-order valence-corrected chi connectivity index (χ2v) is 4.81. The van der Waals surface area contributed by atoms with E-state index in [2.05, 4.69) is 16.9 Å². The second-order valence-electron chi connectivity index (χ2n) is 4.23. The molecule has 0 aromatic carbocycles. The zero-order chi connectivity index (χ0) is 12.2. The third kappa shape index (κ3) is 2.51. The summed E-state index contributed by atoms with van der Waals surface area (Å²) in [6.07, 6.45) is 4.53. The summed E-state index contributed by atoms with van der Waals surface area (Å²) >= 11 is 6.41. The van der Waals surface area contributed by atoms with Gasteiger partial charge in [0.15, 0.2) is 11.3 Å². The average Bonchev–Trinajstić information content (AvgIpc) is 2.63. The molecule has 0 fully saturated rings. The van der Waals surface area contributed by atoms with Crippen molar-refractivity contribution in [3.05, 3.63) is 0 Å². The number of carbonyl (C=O) groups excluding carboxylic acids is 1. The van der Waals surface area contributed by atoms with Crippen molar-refractivity contribution in [1.29, 1.82) is 0 Å². The van der Waals surface area contributed by atoms with Gasteiger partial charge in [0.05, 0.1) is 0 Å². The Morgan fingerprint density at radius 3 is 2.69 bits per heavy atom. The molecule has 0 amide bonds. The zero-order valence-electron chi connectivity index (χ0n) is 10.2. The van der Waals surface area contributed by atoms with Gasteiger partial charge in [0.2, 0.25) is 0 Å². The van der Waals surface area contributed by atoms with E-state index in [-0.39, 0.29) is 5.92 Å². The minimum atomic E-state index is -0.917. The summed E-state index contributed by atoms with van der Waals surface area (Å²) in [6.45, 7) is 6.15. The summed E-state index contributed by atoms with van der Waals surface area (Å²) in [5.41, 5.74) is 0.370. The van der Waals surface area contributed by atoms with E-state index in [4.69, 9.17) is 11.6 Å². The Bertz CT molecular complexity index is 325. The molecule has 2 atom stereocenters. The number of rotatable bonds is 6.